The Morgan fingerprint density at radius 3 is 2.69 bits per heavy atom. The molecule has 154 valence electrons. The maximum absolute atomic E-state index is 13.1. The van der Waals surface area contributed by atoms with Gasteiger partial charge in [-0.15, -0.1) is 0 Å². The molecular weight excluding hydrogens is 370 g/mol. The number of amidine groups is 1. The van der Waals surface area contributed by atoms with E-state index in [0.29, 0.717) is 35.8 Å². The van der Waals surface area contributed by atoms with Gasteiger partial charge in [0.1, 0.15) is 11.2 Å². The third-order valence-electron chi connectivity index (χ3n) is 5.29. The van der Waals surface area contributed by atoms with Gasteiger partial charge >= 0.3 is 5.97 Å². The number of amides is 1. The van der Waals surface area contributed by atoms with Crippen molar-refractivity contribution in [1.29, 1.82) is 0 Å². The number of aryl methyl sites for hydroxylation is 2. The standard InChI is InChI=1S/C21H27N5O3/c1-6-8-14-9-10-22-17(18-24-20(28)21(5,25-18)13(3)4)16(14)19(27)29-15-11-23-26(7-2)12-15/h9-13H,6-8H2,1-5H3,(H,24,25,28). The molecule has 2 aromatic heterocycles. The second kappa shape index (κ2) is 8.14. The summed E-state index contributed by atoms with van der Waals surface area (Å²) in [6.07, 6.45) is 6.32. The van der Waals surface area contributed by atoms with Gasteiger partial charge in [0.05, 0.1) is 18.0 Å². The van der Waals surface area contributed by atoms with E-state index < -0.39 is 11.5 Å². The van der Waals surface area contributed by atoms with E-state index in [1.807, 2.05) is 27.7 Å². The summed E-state index contributed by atoms with van der Waals surface area (Å²) in [5.74, 6) is -0.0796. The summed E-state index contributed by atoms with van der Waals surface area (Å²) in [5, 5.41) is 6.94. The van der Waals surface area contributed by atoms with Crippen molar-refractivity contribution in [1.82, 2.24) is 20.1 Å². The summed E-state index contributed by atoms with van der Waals surface area (Å²) in [6, 6.07) is 1.80. The minimum absolute atomic E-state index is 0.00545. The molecule has 1 aliphatic heterocycles. The molecule has 29 heavy (non-hydrogen) atoms. The molecule has 0 radical (unpaired) electrons. The van der Waals surface area contributed by atoms with Crippen molar-refractivity contribution in [3.63, 3.8) is 0 Å². The molecule has 0 fully saturated rings. The van der Waals surface area contributed by atoms with Crippen LogP contribution < -0.4 is 10.1 Å². The lowest BCUT2D eigenvalue weighted by molar-refractivity contribution is -0.124. The molecule has 0 spiro atoms. The molecule has 0 saturated heterocycles. The van der Waals surface area contributed by atoms with Crippen molar-refractivity contribution in [3.8, 4) is 5.75 Å². The van der Waals surface area contributed by atoms with Crippen molar-refractivity contribution in [2.24, 2.45) is 10.9 Å². The normalized spacial score (nSPS) is 18.7. The number of esters is 1. The molecule has 1 unspecified atom stereocenters. The molecule has 0 aliphatic carbocycles. The monoisotopic (exact) mass is 397 g/mol. The maximum Gasteiger partial charge on any atom is 0.346 e. The molecule has 0 aromatic carbocycles. The number of hydrogen-bond donors (Lipinski definition) is 1. The second-order valence-corrected chi connectivity index (χ2v) is 7.58. The lowest BCUT2D eigenvalue weighted by Crippen LogP contribution is -2.41. The molecule has 1 N–H and O–H groups in total. The molecule has 1 amide bonds. The quantitative estimate of drug-likeness (QED) is 0.725. The minimum atomic E-state index is -0.902. The van der Waals surface area contributed by atoms with Gasteiger partial charge in [-0.25, -0.2) is 9.79 Å². The highest BCUT2D eigenvalue weighted by Crippen LogP contribution is 2.28. The number of hydrogen-bond acceptors (Lipinski definition) is 6. The Balaban J connectivity index is 2.03. The molecule has 1 atom stereocenters. The third kappa shape index (κ3) is 3.92. The van der Waals surface area contributed by atoms with Gasteiger partial charge in [-0.05, 0) is 37.8 Å². The van der Waals surface area contributed by atoms with Gasteiger partial charge in [0.15, 0.2) is 11.6 Å². The number of rotatable bonds is 7. The highest BCUT2D eigenvalue weighted by Gasteiger charge is 2.43. The van der Waals surface area contributed by atoms with Crippen LogP contribution in [0.15, 0.2) is 29.6 Å². The number of ether oxygens (including phenoxy) is 1. The number of aliphatic imine (C=N–C) groups is 1. The Bertz CT molecular complexity index is 963. The number of pyridine rings is 1. The summed E-state index contributed by atoms with van der Waals surface area (Å²) in [7, 11) is 0. The average Bonchev–Trinajstić information content (AvgIpc) is 3.26. The van der Waals surface area contributed by atoms with E-state index in [1.165, 1.54) is 6.20 Å². The van der Waals surface area contributed by atoms with Crippen LogP contribution in [0, 0.1) is 5.92 Å². The Kier molecular flexibility index (Phi) is 5.81. The Morgan fingerprint density at radius 2 is 2.10 bits per heavy atom. The highest BCUT2D eigenvalue weighted by molar-refractivity contribution is 6.18. The lowest BCUT2D eigenvalue weighted by Gasteiger charge is -2.21. The Morgan fingerprint density at radius 1 is 1.34 bits per heavy atom. The molecule has 2 aromatic rings. The highest BCUT2D eigenvalue weighted by atomic mass is 16.5. The van der Waals surface area contributed by atoms with Crippen LogP contribution >= 0.6 is 0 Å². The van der Waals surface area contributed by atoms with Crippen LogP contribution in [0.3, 0.4) is 0 Å². The predicted octanol–water partition coefficient (Wildman–Crippen LogP) is 2.76. The molecule has 0 bridgehead atoms. The summed E-state index contributed by atoms with van der Waals surface area (Å²) < 4.78 is 7.24. The molecular formula is C21H27N5O3. The average molecular weight is 397 g/mol. The van der Waals surface area contributed by atoms with E-state index in [-0.39, 0.29) is 11.8 Å². The Labute approximate surface area is 170 Å². The van der Waals surface area contributed by atoms with Crippen molar-refractivity contribution < 1.29 is 14.3 Å². The molecule has 8 nitrogen and oxygen atoms in total. The zero-order valence-electron chi connectivity index (χ0n) is 17.5. The fourth-order valence-electron chi connectivity index (χ4n) is 3.16. The van der Waals surface area contributed by atoms with Crippen LogP contribution in [-0.4, -0.2) is 38.0 Å². The van der Waals surface area contributed by atoms with E-state index in [2.05, 4.69) is 20.4 Å². The first-order valence-electron chi connectivity index (χ1n) is 9.94. The first kappa shape index (κ1) is 20.7. The summed E-state index contributed by atoms with van der Waals surface area (Å²) in [6.45, 7) is 10.3. The van der Waals surface area contributed by atoms with Crippen LogP contribution in [0.25, 0.3) is 0 Å². The Hall–Kier alpha value is -3.03. The minimum Gasteiger partial charge on any atom is -0.419 e. The molecule has 8 heteroatoms. The summed E-state index contributed by atoms with van der Waals surface area (Å²) >= 11 is 0. The van der Waals surface area contributed by atoms with E-state index in [1.54, 1.807) is 30.1 Å². The van der Waals surface area contributed by atoms with Gasteiger partial charge in [-0.2, -0.15) is 5.10 Å². The van der Waals surface area contributed by atoms with Gasteiger partial charge in [0.2, 0.25) is 0 Å². The van der Waals surface area contributed by atoms with Crippen molar-refractivity contribution >= 4 is 17.7 Å². The number of carbonyl (C=O) groups is 2. The maximum atomic E-state index is 13.1. The van der Waals surface area contributed by atoms with Crippen molar-refractivity contribution in [2.45, 2.75) is 59.5 Å². The number of nitrogens with one attached hydrogen (secondary N) is 1. The van der Waals surface area contributed by atoms with E-state index >= 15 is 0 Å². The van der Waals surface area contributed by atoms with E-state index in [9.17, 15) is 9.59 Å². The zero-order chi connectivity index (χ0) is 21.2. The summed E-state index contributed by atoms with van der Waals surface area (Å²) in [5.41, 5.74) is 0.564. The largest absolute Gasteiger partial charge is 0.419 e. The van der Waals surface area contributed by atoms with Gasteiger partial charge in [-0.3, -0.25) is 14.5 Å². The van der Waals surface area contributed by atoms with E-state index in [4.69, 9.17) is 4.74 Å². The van der Waals surface area contributed by atoms with Crippen LogP contribution in [0.4, 0.5) is 0 Å². The van der Waals surface area contributed by atoms with Crippen LogP contribution in [0.5, 0.6) is 5.75 Å². The summed E-state index contributed by atoms with van der Waals surface area (Å²) in [4.78, 5) is 34.6. The molecule has 1 aliphatic rings. The number of carbonyl (C=O) groups excluding carboxylic acids is 2. The van der Waals surface area contributed by atoms with Crippen LogP contribution in [0.1, 0.15) is 62.7 Å². The van der Waals surface area contributed by atoms with Gasteiger partial charge in [0.25, 0.3) is 5.91 Å². The second-order valence-electron chi connectivity index (χ2n) is 7.58. The lowest BCUT2D eigenvalue weighted by atomic mass is 9.89. The zero-order valence-corrected chi connectivity index (χ0v) is 17.5. The van der Waals surface area contributed by atoms with Crippen LogP contribution in [0.2, 0.25) is 0 Å². The molecule has 0 saturated carbocycles. The topological polar surface area (TPSA) is 98.5 Å². The fraction of sp³-hybridized carbons (Fsp3) is 0.476. The third-order valence-corrected chi connectivity index (χ3v) is 5.29. The SMILES string of the molecule is CCCc1ccnc(C2=NC(C)(C(C)C)C(=O)N2)c1C(=O)Oc1cnn(CC)c1. The number of nitrogens with zero attached hydrogens (tertiary/aromatic N) is 4. The number of aromatic nitrogens is 3. The van der Waals surface area contributed by atoms with Crippen LogP contribution in [-0.2, 0) is 17.8 Å². The van der Waals surface area contributed by atoms with E-state index in [0.717, 1.165) is 12.0 Å². The molecule has 3 rings (SSSR count). The van der Waals surface area contributed by atoms with Gasteiger partial charge in [-0.1, -0.05) is 27.2 Å². The first-order chi connectivity index (χ1) is 13.8. The van der Waals surface area contributed by atoms with Crippen molar-refractivity contribution in [3.05, 3.63) is 41.5 Å². The fourth-order valence-corrected chi connectivity index (χ4v) is 3.16. The van der Waals surface area contributed by atoms with Gasteiger partial charge < -0.3 is 10.1 Å². The van der Waals surface area contributed by atoms with Gasteiger partial charge in [0, 0.05) is 12.7 Å². The van der Waals surface area contributed by atoms with Crippen molar-refractivity contribution in [2.75, 3.05) is 0 Å². The first-order valence-corrected chi connectivity index (χ1v) is 9.94. The smallest absolute Gasteiger partial charge is 0.346 e. The predicted molar refractivity (Wildman–Crippen MR) is 109 cm³/mol. The molecule has 3 heterocycles.